The van der Waals surface area contributed by atoms with Gasteiger partial charge in [0.15, 0.2) is 5.69 Å². The molecule has 2 heterocycles. The average molecular weight is 344 g/mol. The molecule has 2 amide bonds. The lowest BCUT2D eigenvalue weighted by atomic mass is 10.1. The van der Waals surface area contributed by atoms with Gasteiger partial charge >= 0.3 is 0 Å². The summed E-state index contributed by atoms with van der Waals surface area (Å²) in [4.78, 5) is 24.4. The van der Waals surface area contributed by atoms with Gasteiger partial charge in [-0.15, -0.1) is 0 Å². The smallest absolute Gasteiger partial charge is 0.272 e. The van der Waals surface area contributed by atoms with Crippen molar-refractivity contribution >= 4 is 33.8 Å². The molecule has 0 fully saturated rings. The molecule has 0 radical (unpaired) electrons. The lowest BCUT2D eigenvalue weighted by Crippen LogP contribution is -2.33. The number of hydrogen-bond donors (Lipinski definition) is 2. The maximum absolute atomic E-state index is 12.2. The van der Waals surface area contributed by atoms with Crippen LogP contribution in [0.2, 0.25) is 0 Å². The molecule has 0 unspecified atom stereocenters. The summed E-state index contributed by atoms with van der Waals surface area (Å²) in [5.41, 5.74) is 1.81. The molecule has 0 bridgehead atoms. The molecule has 0 saturated carbocycles. The first-order chi connectivity index (χ1) is 12.7. The fourth-order valence-electron chi connectivity index (χ4n) is 2.83. The third kappa shape index (κ3) is 3.12. The SMILES string of the molecule is O=C(CNC(=O)c1cc2ccccn2n1)Nc1cccc2ccccc12. The summed E-state index contributed by atoms with van der Waals surface area (Å²) in [6.07, 6.45) is 1.76. The minimum Gasteiger partial charge on any atom is -0.342 e. The van der Waals surface area contributed by atoms with Crippen LogP contribution < -0.4 is 10.6 Å². The second-order valence-electron chi connectivity index (χ2n) is 5.86. The number of benzene rings is 2. The molecule has 2 N–H and O–H groups in total. The third-order valence-electron chi connectivity index (χ3n) is 4.08. The number of rotatable bonds is 4. The number of hydrogen-bond acceptors (Lipinski definition) is 3. The van der Waals surface area contributed by atoms with Crippen molar-refractivity contribution in [2.24, 2.45) is 0 Å². The fraction of sp³-hybridized carbons (Fsp3) is 0.0500. The lowest BCUT2D eigenvalue weighted by molar-refractivity contribution is -0.115. The molecule has 0 aliphatic heterocycles. The minimum atomic E-state index is -0.387. The zero-order chi connectivity index (χ0) is 17.9. The number of pyridine rings is 1. The Morgan fingerprint density at radius 1 is 0.962 bits per heavy atom. The number of amides is 2. The summed E-state index contributed by atoms with van der Waals surface area (Å²) in [7, 11) is 0. The van der Waals surface area contributed by atoms with Gasteiger partial charge in [-0.2, -0.15) is 5.10 Å². The van der Waals surface area contributed by atoms with E-state index >= 15 is 0 Å². The number of aromatic nitrogens is 2. The number of nitrogens with zero attached hydrogens (tertiary/aromatic N) is 2. The van der Waals surface area contributed by atoms with E-state index in [1.54, 1.807) is 16.8 Å². The van der Waals surface area contributed by atoms with Crippen molar-refractivity contribution in [3.8, 4) is 0 Å². The topological polar surface area (TPSA) is 75.5 Å². The first-order valence-electron chi connectivity index (χ1n) is 8.21. The number of carbonyl (C=O) groups is 2. The molecule has 0 spiro atoms. The van der Waals surface area contributed by atoms with Crippen LogP contribution in [-0.4, -0.2) is 28.0 Å². The van der Waals surface area contributed by atoms with Gasteiger partial charge in [-0.3, -0.25) is 9.59 Å². The molecule has 4 aromatic rings. The van der Waals surface area contributed by atoms with E-state index in [-0.39, 0.29) is 24.1 Å². The van der Waals surface area contributed by atoms with Crippen LogP contribution in [0.5, 0.6) is 0 Å². The summed E-state index contributed by atoms with van der Waals surface area (Å²) in [6.45, 7) is -0.129. The van der Waals surface area contributed by atoms with Crippen molar-refractivity contribution in [1.29, 1.82) is 0 Å². The molecule has 6 nitrogen and oxygen atoms in total. The summed E-state index contributed by atoms with van der Waals surface area (Å²) < 4.78 is 1.62. The van der Waals surface area contributed by atoms with E-state index in [9.17, 15) is 9.59 Å². The van der Waals surface area contributed by atoms with Gasteiger partial charge in [-0.05, 0) is 29.7 Å². The molecule has 0 atom stereocenters. The summed E-state index contributed by atoms with van der Waals surface area (Å²) in [6, 6.07) is 20.7. The first-order valence-corrected chi connectivity index (χ1v) is 8.21. The fourth-order valence-corrected chi connectivity index (χ4v) is 2.83. The predicted molar refractivity (Wildman–Crippen MR) is 100 cm³/mol. The highest BCUT2D eigenvalue weighted by atomic mass is 16.2. The van der Waals surface area contributed by atoms with Crippen LogP contribution in [0.1, 0.15) is 10.5 Å². The van der Waals surface area contributed by atoms with Crippen LogP contribution in [-0.2, 0) is 4.79 Å². The van der Waals surface area contributed by atoms with Crippen LogP contribution in [0.15, 0.2) is 72.9 Å². The highest BCUT2D eigenvalue weighted by Crippen LogP contribution is 2.22. The second-order valence-corrected chi connectivity index (χ2v) is 5.86. The van der Waals surface area contributed by atoms with E-state index in [4.69, 9.17) is 0 Å². The van der Waals surface area contributed by atoms with Gasteiger partial charge in [-0.25, -0.2) is 4.52 Å². The van der Waals surface area contributed by atoms with Crippen molar-refractivity contribution in [2.75, 3.05) is 11.9 Å². The van der Waals surface area contributed by atoms with Crippen molar-refractivity contribution in [1.82, 2.24) is 14.9 Å². The highest BCUT2D eigenvalue weighted by Gasteiger charge is 2.12. The Balaban J connectivity index is 1.42. The van der Waals surface area contributed by atoms with Gasteiger partial charge in [0.1, 0.15) is 0 Å². The molecule has 2 aromatic heterocycles. The van der Waals surface area contributed by atoms with E-state index in [0.717, 1.165) is 22.0 Å². The van der Waals surface area contributed by atoms with Gasteiger partial charge in [0.05, 0.1) is 12.1 Å². The molecule has 4 rings (SSSR count). The van der Waals surface area contributed by atoms with Gasteiger partial charge < -0.3 is 10.6 Å². The molecule has 6 heteroatoms. The normalized spacial score (nSPS) is 10.8. The molecular formula is C20H16N4O2. The zero-order valence-electron chi connectivity index (χ0n) is 13.8. The van der Waals surface area contributed by atoms with Crippen LogP contribution in [0.4, 0.5) is 5.69 Å². The number of anilines is 1. The summed E-state index contributed by atoms with van der Waals surface area (Å²) in [5, 5.41) is 11.6. The molecule has 0 saturated heterocycles. The third-order valence-corrected chi connectivity index (χ3v) is 4.08. The Bertz CT molecular complexity index is 1080. The van der Waals surface area contributed by atoms with E-state index in [2.05, 4.69) is 15.7 Å². The largest absolute Gasteiger partial charge is 0.342 e. The molecular weight excluding hydrogens is 328 g/mol. The maximum Gasteiger partial charge on any atom is 0.272 e. The molecule has 2 aromatic carbocycles. The van der Waals surface area contributed by atoms with Gasteiger partial charge in [-0.1, -0.05) is 42.5 Å². The quantitative estimate of drug-likeness (QED) is 0.598. The number of fused-ring (bicyclic) bond motifs is 2. The van der Waals surface area contributed by atoms with Crippen molar-refractivity contribution in [2.45, 2.75) is 0 Å². The Labute approximate surface area is 149 Å². The molecule has 0 aliphatic rings. The van der Waals surface area contributed by atoms with E-state index in [0.29, 0.717) is 0 Å². The first kappa shape index (κ1) is 15.8. The van der Waals surface area contributed by atoms with Crippen LogP contribution in [0, 0.1) is 0 Å². The Kier molecular flexibility index (Phi) is 4.07. The minimum absolute atomic E-state index is 0.129. The van der Waals surface area contributed by atoms with Crippen molar-refractivity contribution in [3.63, 3.8) is 0 Å². The van der Waals surface area contributed by atoms with Crippen molar-refractivity contribution in [3.05, 3.63) is 78.6 Å². The Hall–Kier alpha value is -3.67. The van der Waals surface area contributed by atoms with Crippen LogP contribution >= 0.6 is 0 Å². The second kappa shape index (κ2) is 6.68. The van der Waals surface area contributed by atoms with E-state index < -0.39 is 0 Å². The summed E-state index contributed by atoms with van der Waals surface area (Å²) in [5.74, 6) is -0.680. The van der Waals surface area contributed by atoms with Gasteiger partial charge in [0.2, 0.25) is 5.91 Å². The van der Waals surface area contributed by atoms with E-state index in [1.165, 1.54) is 0 Å². The predicted octanol–water partition coefficient (Wildman–Crippen LogP) is 2.86. The number of nitrogens with one attached hydrogen (secondary N) is 2. The zero-order valence-corrected chi connectivity index (χ0v) is 13.8. The molecule has 0 aliphatic carbocycles. The Morgan fingerprint density at radius 3 is 2.65 bits per heavy atom. The molecule has 26 heavy (non-hydrogen) atoms. The van der Waals surface area contributed by atoms with Crippen molar-refractivity contribution < 1.29 is 9.59 Å². The highest BCUT2D eigenvalue weighted by molar-refractivity contribution is 6.04. The standard InChI is InChI=1S/C20H16N4O2/c25-19(22-17-10-5-7-14-6-1-2-9-16(14)17)13-21-20(26)18-12-15-8-3-4-11-24(15)23-18/h1-12H,13H2,(H,21,26)(H,22,25). The molecule has 128 valence electrons. The Morgan fingerprint density at radius 2 is 1.77 bits per heavy atom. The number of carbonyl (C=O) groups excluding carboxylic acids is 2. The average Bonchev–Trinajstić information content (AvgIpc) is 3.11. The van der Waals surface area contributed by atoms with Gasteiger partial charge in [0.25, 0.3) is 5.91 Å². The summed E-state index contributed by atoms with van der Waals surface area (Å²) >= 11 is 0. The lowest BCUT2D eigenvalue weighted by Gasteiger charge is -2.09. The van der Waals surface area contributed by atoms with Crippen LogP contribution in [0.3, 0.4) is 0 Å². The van der Waals surface area contributed by atoms with Gasteiger partial charge in [0, 0.05) is 17.3 Å². The van der Waals surface area contributed by atoms with E-state index in [1.807, 2.05) is 60.7 Å². The monoisotopic (exact) mass is 344 g/mol. The van der Waals surface area contributed by atoms with Crippen LogP contribution in [0.25, 0.3) is 16.3 Å². The maximum atomic E-state index is 12.2.